The molecule has 0 aromatic carbocycles. The van der Waals surface area contributed by atoms with Gasteiger partial charge in [0.05, 0.1) is 30.5 Å². The summed E-state index contributed by atoms with van der Waals surface area (Å²) in [5.74, 6) is -0.965. The highest BCUT2D eigenvalue weighted by Gasteiger charge is 2.17. The summed E-state index contributed by atoms with van der Waals surface area (Å²) in [5, 5.41) is 2.71. The first-order valence-corrected chi connectivity index (χ1v) is 6.69. The van der Waals surface area contributed by atoms with E-state index in [4.69, 9.17) is 9.15 Å². The number of esters is 2. The maximum Gasteiger partial charge on any atom is 0.374 e. The molecule has 2 rings (SSSR count). The molecule has 106 valence electrons. The molecular formula is C13H13NO5S. The lowest BCUT2D eigenvalue weighted by molar-refractivity contribution is -0.144. The van der Waals surface area contributed by atoms with E-state index in [1.807, 2.05) is 12.3 Å². The molecule has 7 heteroatoms. The third kappa shape index (κ3) is 3.45. The van der Waals surface area contributed by atoms with Gasteiger partial charge < -0.3 is 13.9 Å². The molecule has 20 heavy (non-hydrogen) atoms. The first-order valence-electron chi connectivity index (χ1n) is 5.81. The van der Waals surface area contributed by atoms with Gasteiger partial charge in [-0.1, -0.05) is 0 Å². The van der Waals surface area contributed by atoms with E-state index in [0.29, 0.717) is 11.3 Å². The van der Waals surface area contributed by atoms with Gasteiger partial charge >= 0.3 is 11.9 Å². The Morgan fingerprint density at radius 1 is 1.45 bits per heavy atom. The number of carbonyl (C=O) groups is 2. The smallest absolute Gasteiger partial charge is 0.374 e. The van der Waals surface area contributed by atoms with Gasteiger partial charge in [-0.3, -0.25) is 4.79 Å². The summed E-state index contributed by atoms with van der Waals surface area (Å²) in [4.78, 5) is 27.2. The Bertz CT molecular complexity index is 616. The van der Waals surface area contributed by atoms with Crippen LogP contribution in [0.4, 0.5) is 0 Å². The van der Waals surface area contributed by atoms with Gasteiger partial charge in [0.25, 0.3) is 0 Å². The first kappa shape index (κ1) is 14.3. The number of nitrogens with zero attached hydrogens (tertiary/aromatic N) is 1. The summed E-state index contributed by atoms with van der Waals surface area (Å²) in [6.45, 7) is 1.83. The summed E-state index contributed by atoms with van der Waals surface area (Å²) in [6.07, 6.45) is 1.45. The number of furan rings is 1. The molecule has 0 spiro atoms. The first-order chi connectivity index (χ1) is 9.60. The molecule has 0 saturated heterocycles. The van der Waals surface area contributed by atoms with E-state index < -0.39 is 11.9 Å². The number of rotatable bonds is 5. The fraction of sp³-hybridized carbons (Fsp3) is 0.308. The molecule has 0 amide bonds. The molecule has 0 atom stereocenters. The van der Waals surface area contributed by atoms with Gasteiger partial charge in [0.2, 0.25) is 5.76 Å². The molecule has 0 aliphatic carbocycles. The van der Waals surface area contributed by atoms with Crippen LogP contribution in [-0.4, -0.2) is 24.0 Å². The topological polar surface area (TPSA) is 78.6 Å². The van der Waals surface area contributed by atoms with Gasteiger partial charge in [-0.15, -0.1) is 11.3 Å². The number of hydrogen-bond donors (Lipinski definition) is 0. The third-order valence-corrected chi connectivity index (χ3v) is 3.32. The number of aromatic nitrogens is 1. The van der Waals surface area contributed by atoms with Crippen molar-refractivity contribution in [3.8, 4) is 0 Å². The van der Waals surface area contributed by atoms with E-state index in [0.717, 1.165) is 5.01 Å². The predicted octanol–water partition coefficient (Wildman–Crippen LogP) is 2.12. The highest BCUT2D eigenvalue weighted by molar-refractivity contribution is 7.09. The molecule has 2 heterocycles. The van der Waals surface area contributed by atoms with Crippen LogP contribution in [0, 0.1) is 6.92 Å². The maximum atomic E-state index is 11.7. The fourth-order valence-electron chi connectivity index (χ4n) is 1.57. The summed E-state index contributed by atoms with van der Waals surface area (Å²) >= 11 is 1.48. The maximum absolute atomic E-state index is 11.7. The van der Waals surface area contributed by atoms with E-state index in [9.17, 15) is 9.59 Å². The number of carbonyl (C=O) groups excluding carboxylic acids is 2. The molecule has 2 aromatic heterocycles. The van der Waals surface area contributed by atoms with Crippen molar-refractivity contribution in [1.29, 1.82) is 0 Å². The molecule has 0 N–H and O–H groups in total. The molecule has 0 aliphatic rings. The summed E-state index contributed by atoms with van der Waals surface area (Å²) in [5.41, 5.74) is 1.15. The average Bonchev–Trinajstić information content (AvgIpc) is 3.04. The van der Waals surface area contributed by atoms with Crippen LogP contribution in [-0.2, 0) is 27.3 Å². The van der Waals surface area contributed by atoms with Crippen molar-refractivity contribution in [2.24, 2.45) is 0 Å². The highest BCUT2D eigenvalue weighted by atomic mass is 32.1. The Morgan fingerprint density at radius 3 is 2.90 bits per heavy atom. The van der Waals surface area contributed by atoms with Crippen LogP contribution in [0.1, 0.15) is 26.8 Å². The lowest BCUT2D eigenvalue weighted by Gasteiger charge is -2.03. The monoisotopic (exact) mass is 295 g/mol. The Morgan fingerprint density at radius 2 is 2.25 bits per heavy atom. The molecule has 0 radical (unpaired) electrons. The highest BCUT2D eigenvalue weighted by Crippen LogP contribution is 2.14. The number of thiazole rings is 1. The quantitative estimate of drug-likeness (QED) is 0.786. The zero-order chi connectivity index (χ0) is 14.5. The van der Waals surface area contributed by atoms with Gasteiger partial charge in [0.15, 0.2) is 0 Å². The van der Waals surface area contributed by atoms with Crippen LogP contribution in [0.25, 0.3) is 0 Å². The van der Waals surface area contributed by atoms with Crippen LogP contribution in [0.2, 0.25) is 0 Å². The second-order valence-corrected chi connectivity index (χ2v) is 5.02. The molecule has 2 aromatic rings. The normalized spacial score (nSPS) is 10.3. The number of ether oxygens (including phenoxy) is 2. The van der Waals surface area contributed by atoms with E-state index in [2.05, 4.69) is 9.72 Å². The zero-order valence-corrected chi connectivity index (χ0v) is 11.9. The van der Waals surface area contributed by atoms with Crippen LogP contribution < -0.4 is 0 Å². The minimum Gasteiger partial charge on any atom is -0.463 e. The van der Waals surface area contributed by atoms with Crippen molar-refractivity contribution in [1.82, 2.24) is 4.98 Å². The number of aryl methyl sites for hydroxylation is 1. The molecule has 0 aliphatic heterocycles. The van der Waals surface area contributed by atoms with Crippen molar-refractivity contribution >= 4 is 23.3 Å². The fourth-order valence-corrected chi connectivity index (χ4v) is 2.18. The minimum absolute atomic E-state index is 0.0388. The van der Waals surface area contributed by atoms with Gasteiger partial charge in [-0.2, -0.15) is 0 Å². The van der Waals surface area contributed by atoms with Crippen LogP contribution >= 0.6 is 11.3 Å². The van der Waals surface area contributed by atoms with E-state index in [1.54, 1.807) is 6.07 Å². The zero-order valence-electron chi connectivity index (χ0n) is 11.0. The van der Waals surface area contributed by atoms with Crippen molar-refractivity contribution in [2.75, 3.05) is 7.11 Å². The minimum atomic E-state index is -0.601. The Labute approximate surface area is 119 Å². The second-order valence-electron chi connectivity index (χ2n) is 3.96. The van der Waals surface area contributed by atoms with Crippen LogP contribution in [0.5, 0.6) is 0 Å². The lowest BCUT2D eigenvalue weighted by Crippen LogP contribution is -2.10. The molecule has 0 bridgehead atoms. The van der Waals surface area contributed by atoms with Gasteiger partial charge in [-0.05, 0) is 13.0 Å². The van der Waals surface area contributed by atoms with Gasteiger partial charge in [0, 0.05) is 10.9 Å². The Balaban J connectivity index is 1.90. The standard InChI is InChI=1S/C13H13NO5S/c1-8-14-10(7-20-8)5-11(15)19-6-9-3-4-18-12(9)13(16)17-2/h3-4,7H,5-6H2,1-2H3. The van der Waals surface area contributed by atoms with Crippen LogP contribution in [0.15, 0.2) is 22.1 Å². The summed E-state index contributed by atoms with van der Waals surface area (Å²) in [7, 11) is 1.26. The van der Waals surface area contributed by atoms with E-state index >= 15 is 0 Å². The second kappa shape index (κ2) is 6.33. The predicted molar refractivity (Wildman–Crippen MR) is 70.4 cm³/mol. The Kier molecular flexibility index (Phi) is 4.52. The molecule has 0 fully saturated rings. The van der Waals surface area contributed by atoms with E-state index in [1.165, 1.54) is 24.7 Å². The number of methoxy groups -OCH3 is 1. The average molecular weight is 295 g/mol. The van der Waals surface area contributed by atoms with Crippen molar-refractivity contribution in [3.05, 3.63) is 39.7 Å². The van der Waals surface area contributed by atoms with E-state index in [-0.39, 0.29) is 18.8 Å². The van der Waals surface area contributed by atoms with Crippen molar-refractivity contribution in [3.63, 3.8) is 0 Å². The van der Waals surface area contributed by atoms with Gasteiger partial charge in [-0.25, -0.2) is 9.78 Å². The van der Waals surface area contributed by atoms with Crippen LogP contribution in [0.3, 0.4) is 0 Å². The Hall–Kier alpha value is -2.15. The number of hydrogen-bond acceptors (Lipinski definition) is 7. The molecule has 0 saturated carbocycles. The SMILES string of the molecule is COC(=O)c1occc1COC(=O)Cc1csc(C)n1. The lowest BCUT2D eigenvalue weighted by atomic mass is 10.2. The molecule has 0 unspecified atom stereocenters. The van der Waals surface area contributed by atoms with Crippen molar-refractivity contribution < 1.29 is 23.5 Å². The third-order valence-electron chi connectivity index (χ3n) is 2.50. The molecule has 6 nitrogen and oxygen atoms in total. The van der Waals surface area contributed by atoms with Gasteiger partial charge in [0.1, 0.15) is 6.61 Å². The summed E-state index contributed by atoms with van der Waals surface area (Å²) < 4.78 is 14.6. The summed E-state index contributed by atoms with van der Waals surface area (Å²) in [6, 6.07) is 1.56. The van der Waals surface area contributed by atoms with Crippen molar-refractivity contribution in [2.45, 2.75) is 20.0 Å². The largest absolute Gasteiger partial charge is 0.463 e. The molecular weight excluding hydrogens is 282 g/mol.